The smallest absolute Gasteiger partial charge is 0.271 e. The highest BCUT2D eigenvalue weighted by molar-refractivity contribution is 6.37. The Labute approximate surface area is 144 Å². The van der Waals surface area contributed by atoms with Crippen LogP contribution < -0.4 is 10.2 Å². The van der Waals surface area contributed by atoms with Crippen molar-refractivity contribution in [2.75, 3.05) is 0 Å². The molecule has 0 atom stereocenters. The summed E-state index contributed by atoms with van der Waals surface area (Å²) < 4.78 is 5.55. The zero-order valence-corrected chi connectivity index (χ0v) is 14.1. The van der Waals surface area contributed by atoms with Gasteiger partial charge in [0.2, 0.25) is 0 Å². The van der Waals surface area contributed by atoms with Gasteiger partial charge >= 0.3 is 0 Å². The topological polar surface area (TPSA) is 63.6 Å². The van der Waals surface area contributed by atoms with E-state index in [4.69, 9.17) is 27.9 Å². The molecule has 120 valence electrons. The second-order valence-electron chi connectivity index (χ2n) is 4.92. The van der Waals surface area contributed by atoms with Crippen LogP contribution in [0.15, 0.2) is 41.8 Å². The van der Waals surface area contributed by atoms with Crippen LogP contribution in [0.2, 0.25) is 10.0 Å². The Hall–Kier alpha value is -2.11. The van der Waals surface area contributed by atoms with E-state index in [0.29, 0.717) is 26.9 Å². The lowest BCUT2D eigenvalue weighted by Gasteiger charge is -2.13. The minimum Gasteiger partial charge on any atom is -0.488 e. The third kappa shape index (κ3) is 4.94. The maximum atomic E-state index is 11.8. The molecular formula is C16H15Cl2N3O2. The molecule has 0 radical (unpaired) electrons. The van der Waals surface area contributed by atoms with E-state index in [0.717, 1.165) is 0 Å². The van der Waals surface area contributed by atoms with Crippen molar-refractivity contribution in [3.05, 3.63) is 57.8 Å². The number of amides is 1. The molecule has 2 aromatic rings. The summed E-state index contributed by atoms with van der Waals surface area (Å²) in [4.78, 5) is 15.7. The van der Waals surface area contributed by atoms with Gasteiger partial charge in [-0.1, -0.05) is 23.2 Å². The lowest BCUT2D eigenvalue weighted by atomic mass is 10.2. The van der Waals surface area contributed by atoms with E-state index in [1.807, 2.05) is 13.8 Å². The minimum atomic E-state index is -0.333. The van der Waals surface area contributed by atoms with Gasteiger partial charge in [-0.3, -0.25) is 9.78 Å². The molecule has 0 saturated carbocycles. The average Bonchev–Trinajstić information content (AvgIpc) is 2.51. The molecule has 1 N–H and O–H groups in total. The second-order valence-corrected chi connectivity index (χ2v) is 5.73. The standard InChI is InChI=1S/C16H15Cl2N3O2/c1-10(2)23-15-13(17)7-11(8-14(15)18)9-20-21-16(22)12-3-5-19-6-4-12/h3-10H,1-2H3,(H,21,22)/b20-9-. The molecule has 1 amide bonds. The van der Waals surface area contributed by atoms with E-state index in [1.165, 1.54) is 18.6 Å². The summed E-state index contributed by atoms with van der Waals surface area (Å²) in [5, 5.41) is 4.65. The summed E-state index contributed by atoms with van der Waals surface area (Å²) in [6.07, 6.45) is 4.48. The Morgan fingerprint density at radius 3 is 2.43 bits per heavy atom. The molecule has 1 heterocycles. The first-order valence-corrected chi connectivity index (χ1v) is 7.62. The number of hydrogen-bond acceptors (Lipinski definition) is 4. The van der Waals surface area contributed by atoms with E-state index in [1.54, 1.807) is 24.3 Å². The van der Waals surface area contributed by atoms with Crippen LogP contribution in [0.4, 0.5) is 0 Å². The molecule has 2 rings (SSSR count). The average molecular weight is 352 g/mol. The molecule has 0 fully saturated rings. The number of hydrogen-bond donors (Lipinski definition) is 1. The molecule has 0 saturated heterocycles. The van der Waals surface area contributed by atoms with E-state index >= 15 is 0 Å². The number of ether oxygens (including phenoxy) is 1. The number of carbonyl (C=O) groups is 1. The maximum absolute atomic E-state index is 11.8. The predicted molar refractivity (Wildman–Crippen MR) is 91.5 cm³/mol. The molecular weight excluding hydrogens is 337 g/mol. The Morgan fingerprint density at radius 2 is 1.87 bits per heavy atom. The predicted octanol–water partition coefficient (Wildman–Crippen LogP) is 3.94. The van der Waals surface area contributed by atoms with Gasteiger partial charge in [0.15, 0.2) is 5.75 Å². The number of carbonyl (C=O) groups excluding carboxylic acids is 1. The van der Waals surface area contributed by atoms with Gasteiger partial charge in [-0.15, -0.1) is 0 Å². The van der Waals surface area contributed by atoms with Crippen molar-refractivity contribution in [3.63, 3.8) is 0 Å². The van der Waals surface area contributed by atoms with Crippen LogP contribution in [0.1, 0.15) is 29.8 Å². The van der Waals surface area contributed by atoms with Gasteiger partial charge in [-0.2, -0.15) is 5.10 Å². The molecule has 7 heteroatoms. The normalized spacial score (nSPS) is 11.0. The molecule has 0 aliphatic carbocycles. The highest BCUT2D eigenvalue weighted by Gasteiger charge is 2.10. The van der Waals surface area contributed by atoms with Crippen molar-refractivity contribution >= 4 is 35.3 Å². The maximum Gasteiger partial charge on any atom is 0.271 e. The first-order chi connectivity index (χ1) is 11.0. The summed E-state index contributed by atoms with van der Waals surface area (Å²) >= 11 is 12.3. The van der Waals surface area contributed by atoms with Crippen molar-refractivity contribution in [2.45, 2.75) is 20.0 Å². The molecule has 0 bridgehead atoms. The Kier molecular flexibility index (Phi) is 5.96. The first kappa shape index (κ1) is 17.2. The van der Waals surface area contributed by atoms with Crippen molar-refractivity contribution < 1.29 is 9.53 Å². The van der Waals surface area contributed by atoms with Gasteiger partial charge in [0.25, 0.3) is 5.91 Å². The van der Waals surface area contributed by atoms with Crippen LogP contribution in [-0.4, -0.2) is 23.2 Å². The zero-order chi connectivity index (χ0) is 16.8. The SMILES string of the molecule is CC(C)Oc1c(Cl)cc(/C=N\NC(=O)c2ccncc2)cc1Cl. The van der Waals surface area contributed by atoms with Crippen LogP contribution in [0.3, 0.4) is 0 Å². The van der Waals surface area contributed by atoms with Crippen LogP contribution in [0.5, 0.6) is 5.75 Å². The number of pyridine rings is 1. The van der Waals surface area contributed by atoms with Gasteiger partial charge in [0.05, 0.1) is 22.4 Å². The number of halogens is 2. The summed E-state index contributed by atoms with van der Waals surface area (Å²) in [5.74, 6) is 0.0990. The highest BCUT2D eigenvalue weighted by Crippen LogP contribution is 2.34. The Bertz CT molecular complexity index is 696. The van der Waals surface area contributed by atoms with Crippen molar-refractivity contribution in [1.29, 1.82) is 0 Å². The third-order valence-electron chi connectivity index (χ3n) is 2.70. The van der Waals surface area contributed by atoms with Gasteiger partial charge in [0.1, 0.15) is 0 Å². The summed E-state index contributed by atoms with van der Waals surface area (Å²) in [5.41, 5.74) is 3.53. The van der Waals surface area contributed by atoms with Crippen LogP contribution in [-0.2, 0) is 0 Å². The molecule has 0 aliphatic heterocycles. The lowest BCUT2D eigenvalue weighted by molar-refractivity contribution is 0.0955. The van der Waals surface area contributed by atoms with E-state index in [2.05, 4.69) is 15.5 Å². The Morgan fingerprint density at radius 1 is 1.26 bits per heavy atom. The summed E-state index contributed by atoms with van der Waals surface area (Å²) in [6, 6.07) is 6.51. The fourth-order valence-corrected chi connectivity index (χ4v) is 2.33. The van der Waals surface area contributed by atoms with E-state index in [-0.39, 0.29) is 12.0 Å². The zero-order valence-electron chi connectivity index (χ0n) is 12.6. The summed E-state index contributed by atoms with van der Waals surface area (Å²) in [6.45, 7) is 3.77. The molecule has 1 aromatic heterocycles. The number of aromatic nitrogens is 1. The molecule has 0 spiro atoms. The number of benzene rings is 1. The fourth-order valence-electron chi connectivity index (χ4n) is 1.74. The molecule has 0 aliphatic rings. The highest BCUT2D eigenvalue weighted by atomic mass is 35.5. The van der Waals surface area contributed by atoms with Gasteiger partial charge < -0.3 is 4.74 Å². The monoisotopic (exact) mass is 351 g/mol. The first-order valence-electron chi connectivity index (χ1n) is 6.86. The van der Waals surface area contributed by atoms with Gasteiger partial charge in [-0.05, 0) is 43.7 Å². The second kappa shape index (κ2) is 7.94. The molecule has 23 heavy (non-hydrogen) atoms. The Balaban J connectivity index is 2.07. The molecule has 1 aromatic carbocycles. The van der Waals surface area contributed by atoms with Crippen molar-refractivity contribution in [2.24, 2.45) is 5.10 Å². The summed E-state index contributed by atoms with van der Waals surface area (Å²) in [7, 11) is 0. The molecule has 5 nitrogen and oxygen atoms in total. The van der Waals surface area contributed by atoms with Crippen LogP contribution in [0, 0.1) is 0 Å². The van der Waals surface area contributed by atoms with Gasteiger partial charge in [0, 0.05) is 18.0 Å². The minimum absolute atomic E-state index is 0.0378. The number of hydrazone groups is 1. The largest absolute Gasteiger partial charge is 0.488 e. The lowest BCUT2D eigenvalue weighted by Crippen LogP contribution is -2.17. The quantitative estimate of drug-likeness (QED) is 0.655. The van der Waals surface area contributed by atoms with Gasteiger partial charge in [-0.25, -0.2) is 5.43 Å². The van der Waals surface area contributed by atoms with E-state index in [9.17, 15) is 4.79 Å². The number of rotatable bonds is 5. The molecule has 0 unspecified atom stereocenters. The number of nitrogens with one attached hydrogen (secondary N) is 1. The number of nitrogens with zero attached hydrogens (tertiary/aromatic N) is 2. The fraction of sp³-hybridized carbons (Fsp3) is 0.188. The van der Waals surface area contributed by atoms with E-state index < -0.39 is 0 Å². The van der Waals surface area contributed by atoms with Crippen molar-refractivity contribution in [3.8, 4) is 5.75 Å². The van der Waals surface area contributed by atoms with Crippen LogP contribution in [0.25, 0.3) is 0 Å². The van der Waals surface area contributed by atoms with Crippen molar-refractivity contribution in [1.82, 2.24) is 10.4 Å². The van der Waals surface area contributed by atoms with Crippen LogP contribution >= 0.6 is 23.2 Å². The third-order valence-corrected chi connectivity index (χ3v) is 3.26.